The Morgan fingerprint density at radius 2 is 2.27 bits per heavy atom. The minimum absolute atomic E-state index is 0.0521. The van der Waals surface area contributed by atoms with E-state index in [1.807, 2.05) is 0 Å². The Morgan fingerprint density at radius 1 is 1.53 bits per heavy atom. The number of nitrogens with two attached hydrogens (primary N) is 2. The topological polar surface area (TPSA) is 89.8 Å². The smallest absolute Gasteiger partial charge is 0.223 e. The zero-order chi connectivity index (χ0) is 11.3. The maximum atomic E-state index is 5.53. The van der Waals surface area contributed by atoms with Crippen LogP contribution in [0.5, 0.6) is 0 Å². The van der Waals surface area contributed by atoms with Gasteiger partial charge in [-0.3, -0.25) is 0 Å². The average Bonchev–Trinajstić information content (AvgIpc) is 2.15. The van der Waals surface area contributed by atoms with Crippen LogP contribution in [-0.2, 0) is 0 Å². The van der Waals surface area contributed by atoms with Gasteiger partial charge in [-0.25, -0.2) is 0 Å². The van der Waals surface area contributed by atoms with Crippen molar-refractivity contribution in [1.29, 1.82) is 0 Å². The number of nitrogens with zero attached hydrogens (tertiary/aromatic N) is 2. The molecule has 0 aromatic carbocycles. The van der Waals surface area contributed by atoms with Gasteiger partial charge in [-0.05, 0) is 6.42 Å². The fraction of sp³-hybridized carbons (Fsp3) is 0.400. The normalized spacial score (nSPS) is 11.7. The van der Waals surface area contributed by atoms with Crippen molar-refractivity contribution in [2.75, 3.05) is 16.8 Å². The van der Waals surface area contributed by atoms with Crippen LogP contribution in [0.25, 0.3) is 0 Å². The lowest BCUT2D eigenvalue weighted by molar-refractivity contribution is 0.752. The second kappa shape index (κ2) is 5.05. The van der Waals surface area contributed by atoms with Crippen molar-refractivity contribution in [2.45, 2.75) is 25.8 Å². The van der Waals surface area contributed by atoms with E-state index in [0.717, 1.165) is 12.8 Å². The molecule has 80 valence electrons. The average molecular weight is 205 g/mol. The lowest BCUT2D eigenvalue weighted by Gasteiger charge is -2.12. The Kier molecular flexibility index (Phi) is 3.75. The van der Waals surface area contributed by atoms with Gasteiger partial charge in [0, 0.05) is 6.07 Å². The van der Waals surface area contributed by atoms with E-state index in [1.54, 1.807) is 6.07 Å². The summed E-state index contributed by atoms with van der Waals surface area (Å²) in [4.78, 5) is 7.75. The molecule has 5 N–H and O–H groups in total. The number of hydrogen-bond donors (Lipinski definition) is 3. The second-order valence-corrected chi connectivity index (χ2v) is 3.19. The third kappa shape index (κ3) is 3.35. The van der Waals surface area contributed by atoms with Crippen LogP contribution in [0.4, 0.5) is 17.6 Å². The van der Waals surface area contributed by atoms with E-state index in [1.165, 1.54) is 0 Å². The van der Waals surface area contributed by atoms with E-state index < -0.39 is 0 Å². The van der Waals surface area contributed by atoms with Crippen molar-refractivity contribution in [3.63, 3.8) is 0 Å². The van der Waals surface area contributed by atoms with Gasteiger partial charge in [-0.1, -0.05) is 19.3 Å². The van der Waals surface area contributed by atoms with Gasteiger partial charge in [0.05, 0.1) is 6.04 Å². The van der Waals surface area contributed by atoms with Crippen LogP contribution < -0.4 is 16.8 Å². The van der Waals surface area contributed by atoms with Crippen molar-refractivity contribution in [2.24, 2.45) is 0 Å². The molecule has 0 amide bonds. The summed E-state index contributed by atoms with van der Waals surface area (Å²) >= 11 is 0. The van der Waals surface area contributed by atoms with Crippen molar-refractivity contribution >= 4 is 17.6 Å². The molecule has 0 radical (unpaired) electrons. The predicted molar refractivity (Wildman–Crippen MR) is 62.0 cm³/mol. The number of nitrogens with one attached hydrogen (secondary N) is 1. The highest BCUT2D eigenvalue weighted by atomic mass is 15.1. The molecule has 1 aromatic rings. The third-order valence-electron chi connectivity index (χ3n) is 1.86. The first kappa shape index (κ1) is 11.1. The van der Waals surface area contributed by atoms with Gasteiger partial charge >= 0.3 is 0 Å². The van der Waals surface area contributed by atoms with Gasteiger partial charge in [-0.2, -0.15) is 9.97 Å². The largest absolute Gasteiger partial charge is 0.383 e. The van der Waals surface area contributed by atoms with Gasteiger partial charge in [0.2, 0.25) is 5.95 Å². The highest BCUT2D eigenvalue weighted by Gasteiger charge is 2.05. The molecule has 1 atom stereocenters. The van der Waals surface area contributed by atoms with Crippen LogP contribution in [0.15, 0.2) is 6.07 Å². The summed E-state index contributed by atoms with van der Waals surface area (Å²) in [5, 5.41) is 3.06. The molecule has 0 aliphatic rings. The minimum Gasteiger partial charge on any atom is -0.383 e. The summed E-state index contributed by atoms with van der Waals surface area (Å²) in [6, 6.07) is 1.56. The number of terminal acetylenes is 1. The highest BCUT2D eigenvalue weighted by molar-refractivity contribution is 5.49. The monoisotopic (exact) mass is 205 g/mol. The SMILES string of the molecule is C#CC(CCC)Nc1cc(N)nc(N)n1. The molecule has 0 fully saturated rings. The van der Waals surface area contributed by atoms with Crippen molar-refractivity contribution in [3.8, 4) is 12.3 Å². The van der Waals surface area contributed by atoms with E-state index in [4.69, 9.17) is 17.9 Å². The first-order chi connectivity index (χ1) is 7.15. The molecule has 0 aliphatic heterocycles. The molecular weight excluding hydrogens is 190 g/mol. The van der Waals surface area contributed by atoms with Crippen molar-refractivity contribution < 1.29 is 0 Å². The van der Waals surface area contributed by atoms with Crippen LogP contribution in [0.1, 0.15) is 19.8 Å². The molecular formula is C10H15N5. The Balaban J connectivity index is 2.75. The summed E-state index contributed by atoms with van der Waals surface area (Å²) in [5.74, 6) is 3.68. The fourth-order valence-corrected chi connectivity index (χ4v) is 1.22. The quantitative estimate of drug-likeness (QED) is 0.634. The molecule has 5 heteroatoms. The standard InChI is InChI=1S/C10H15N5/c1-3-5-7(4-2)13-9-6-8(11)14-10(12)15-9/h2,6-7H,3,5H2,1H3,(H5,11,12,13,14,15). The Morgan fingerprint density at radius 3 is 2.80 bits per heavy atom. The molecule has 1 heterocycles. The Labute approximate surface area is 89.3 Å². The number of aromatic nitrogens is 2. The van der Waals surface area contributed by atoms with Crippen LogP contribution in [0.3, 0.4) is 0 Å². The first-order valence-electron chi connectivity index (χ1n) is 4.78. The molecule has 0 saturated carbocycles. The summed E-state index contributed by atoms with van der Waals surface area (Å²) in [6.07, 6.45) is 7.24. The van der Waals surface area contributed by atoms with E-state index >= 15 is 0 Å². The first-order valence-corrected chi connectivity index (χ1v) is 4.78. The molecule has 1 rings (SSSR count). The molecule has 0 spiro atoms. The number of nitrogen functional groups attached to an aromatic ring is 2. The molecule has 5 nitrogen and oxygen atoms in total. The fourth-order valence-electron chi connectivity index (χ4n) is 1.22. The molecule has 0 aliphatic carbocycles. The number of hydrogen-bond acceptors (Lipinski definition) is 5. The van der Waals surface area contributed by atoms with Gasteiger partial charge in [0.25, 0.3) is 0 Å². The third-order valence-corrected chi connectivity index (χ3v) is 1.86. The molecule has 1 aromatic heterocycles. The van der Waals surface area contributed by atoms with Gasteiger partial charge in [0.1, 0.15) is 11.6 Å². The number of rotatable bonds is 4. The summed E-state index contributed by atoms with van der Waals surface area (Å²) in [6.45, 7) is 2.06. The highest BCUT2D eigenvalue weighted by Crippen LogP contribution is 2.11. The number of anilines is 3. The van der Waals surface area contributed by atoms with Gasteiger partial charge in [0.15, 0.2) is 0 Å². The predicted octanol–water partition coefficient (Wildman–Crippen LogP) is 0.855. The second-order valence-electron chi connectivity index (χ2n) is 3.19. The summed E-state index contributed by atoms with van der Waals surface area (Å²) in [5.41, 5.74) is 11.0. The minimum atomic E-state index is -0.0521. The van der Waals surface area contributed by atoms with Crippen molar-refractivity contribution in [1.82, 2.24) is 9.97 Å². The lowest BCUT2D eigenvalue weighted by Crippen LogP contribution is -2.18. The zero-order valence-electron chi connectivity index (χ0n) is 8.70. The van der Waals surface area contributed by atoms with E-state index in [9.17, 15) is 0 Å². The molecule has 0 saturated heterocycles. The van der Waals surface area contributed by atoms with Gasteiger partial charge < -0.3 is 16.8 Å². The maximum absolute atomic E-state index is 5.53. The van der Waals surface area contributed by atoms with E-state index in [0.29, 0.717) is 11.6 Å². The van der Waals surface area contributed by atoms with E-state index in [-0.39, 0.29) is 12.0 Å². The van der Waals surface area contributed by atoms with Gasteiger partial charge in [-0.15, -0.1) is 6.42 Å². The molecule has 15 heavy (non-hydrogen) atoms. The van der Waals surface area contributed by atoms with Crippen LogP contribution in [-0.4, -0.2) is 16.0 Å². The van der Waals surface area contributed by atoms with Crippen LogP contribution in [0, 0.1) is 12.3 Å². The Hall–Kier alpha value is -1.96. The zero-order valence-corrected chi connectivity index (χ0v) is 8.70. The lowest BCUT2D eigenvalue weighted by atomic mass is 10.2. The summed E-state index contributed by atoms with van der Waals surface area (Å²) in [7, 11) is 0. The maximum Gasteiger partial charge on any atom is 0.223 e. The van der Waals surface area contributed by atoms with E-state index in [2.05, 4.69) is 28.1 Å². The molecule has 1 unspecified atom stereocenters. The van der Waals surface area contributed by atoms with Crippen molar-refractivity contribution in [3.05, 3.63) is 6.07 Å². The Bertz CT molecular complexity index is 348. The van der Waals surface area contributed by atoms with Crippen LogP contribution in [0.2, 0.25) is 0 Å². The summed E-state index contributed by atoms with van der Waals surface area (Å²) < 4.78 is 0. The van der Waals surface area contributed by atoms with Crippen LogP contribution >= 0.6 is 0 Å². The molecule has 0 bridgehead atoms.